The fraction of sp³-hybridized carbons (Fsp3) is 0.438. The van der Waals surface area contributed by atoms with Crippen LogP contribution in [-0.2, 0) is 0 Å². The van der Waals surface area contributed by atoms with Gasteiger partial charge < -0.3 is 15.0 Å². The molecule has 0 saturated heterocycles. The maximum absolute atomic E-state index is 5.19. The summed E-state index contributed by atoms with van der Waals surface area (Å²) in [5.74, 6) is 2.61. The molecule has 1 aliphatic carbocycles. The van der Waals surface area contributed by atoms with Crippen molar-refractivity contribution in [2.75, 3.05) is 7.11 Å². The zero-order valence-corrected chi connectivity index (χ0v) is 12.0. The van der Waals surface area contributed by atoms with Gasteiger partial charge in [-0.15, -0.1) is 0 Å². The first-order valence-corrected chi connectivity index (χ1v) is 7.15. The molecular formula is C16H21N3O. The van der Waals surface area contributed by atoms with Gasteiger partial charge in [0, 0.05) is 18.4 Å². The molecule has 1 fully saturated rings. The van der Waals surface area contributed by atoms with Gasteiger partial charge in [0.05, 0.1) is 13.2 Å². The predicted octanol–water partition coefficient (Wildman–Crippen LogP) is 3.02. The number of imidazole rings is 1. The molecule has 0 aliphatic heterocycles. The van der Waals surface area contributed by atoms with Gasteiger partial charge in [0.1, 0.15) is 11.6 Å². The quantitative estimate of drug-likeness (QED) is 0.879. The first-order valence-electron chi connectivity index (χ1n) is 7.15. The summed E-state index contributed by atoms with van der Waals surface area (Å²) in [7, 11) is 1.70. The lowest BCUT2D eigenvalue weighted by atomic mass is 9.75. The van der Waals surface area contributed by atoms with E-state index in [1.54, 1.807) is 13.3 Å². The largest absolute Gasteiger partial charge is 0.497 e. The molecule has 1 aliphatic rings. The summed E-state index contributed by atoms with van der Waals surface area (Å²) in [4.78, 5) is 7.45. The van der Waals surface area contributed by atoms with E-state index in [0.717, 1.165) is 11.6 Å². The Labute approximate surface area is 119 Å². The van der Waals surface area contributed by atoms with E-state index in [9.17, 15) is 0 Å². The van der Waals surface area contributed by atoms with Crippen LogP contribution in [0.15, 0.2) is 36.7 Å². The fourth-order valence-electron chi connectivity index (χ4n) is 2.85. The monoisotopic (exact) mass is 271 g/mol. The van der Waals surface area contributed by atoms with Gasteiger partial charge in [0.15, 0.2) is 0 Å². The summed E-state index contributed by atoms with van der Waals surface area (Å²) >= 11 is 0. The van der Waals surface area contributed by atoms with E-state index in [2.05, 4.69) is 34.3 Å². The molecule has 1 aromatic heterocycles. The molecule has 2 aromatic rings. The lowest BCUT2D eigenvalue weighted by molar-refractivity contribution is 0.268. The topological polar surface area (TPSA) is 49.9 Å². The number of methoxy groups -OCH3 is 1. The molecule has 1 heterocycles. The zero-order chi connectivity index (χ0) is 13.9. The third kappa shape index (κ3) is 2.70. The summed E-state index contributed by atoms with van der Waals surface area (Å²) in [6.45, 7) is 2.15. The molecule has 0 spiro atoms. The SMILES string of the molecule is COc1ccc(C2CC(NC(C)c3ncc[nH]3)C2)cc1. The average Bonchev–Trinajstić information content (AvgIpc) is 2.96. The van der Waals surface area contributed by atoms with Crippen molar-refractivity contribution in [3.8, 4) is 5.75 Å². The van der Waals surface area contributed by atoms with Gasteiger partial charge in [-0.3, -0.25) is 0 Å². The first-order chi connectivity index (χ1) is 9.76. The van der Waals surface area contributed by atoms with Crippen LogP contribution in [0.3, 0.4) is 0 Å². The second kappa shape index (κ2) is 5.67. The molecule has 4 nitrogen and oxygen atoms in total. The fourth-order valence-corrected chi connectivity index (χ4v) is 2.85. The predicted molar refractivity (Wildman–Crippen MR) is 78.9 cm³/mol. The molecule has 106 valence electrons. The van der Waals surface area contributed by atoms with Crippen molar-refractivity contribution >= 4 is 0 Å². The summed E-state index contributed by atoms with van der Waals surface area (Å²) in [5.41, 5.74) is 1.41. The van der Waals surface area contributed by atoms with E-state index >= 15 is 0 Å². The van der Waals surface area contributed by atoms with E-state index in [4.69, 9.17) is 4.74 Å². The number of hydrogen-bond acceptors (Lipinski definition) is 3. The number of ether oxygens (including phenoxy) is 1. The number of rotatable bonds is 5. The molecule has 2 N–H and O–H groups in total. The van der Waals surface area contributed by atoms with Gasteiger partial charge in [-0.05, 0) is 43.4 Å². The molecule has 4 heteroatoms. The van der Waals surface area contributed by atoms with Crippen LogP contribution in [0.4, 0.5) is 0 Å². The number of nitrogens with one attached hydrogen (secondary N) is 2. The molecule has 20 heavy (non-hydrogen) atoms. The van der Waals surface area contributed by atoms with Crippen LogP contribution in [0.5, 0.6) is 5.75 Å². The Bertz CT molecular complexity index is 529. The molecule has 1 saturated carbocycles. The smallest absolute Gasteiger partial charge is 0.122 e. The summed E-state index contributed by atoms with van der Waals surface area (Å²) < 4.78 is 5.19. The summed E-state index contributed by atoms with van der Waals surface area (Å²) in [6.07, 6.45) is 6.05. The number of benzene rings is 1. The first kappa shape index (κ1) is 13.2. The second-order valence-electron chi connectivity index (χ2n) is 5.50. The van der Waals surface area contributed by atoms with Gasteiger partial charge in [-0.25, -0.2) is 4.98 Å². The third-order valence-electron chi connectivity index (χ3n) is 4.14. The Morgan fingerprint density at radius 1 is 1.30 bits per heavy atom. The normalized spacial score (nSPS) is 23.1. The highest BCUT2D eigenvalue weighted by molar-refractivity contribution is 5.31. The summed E-state index contributed by atoms with van der Waals surface area (Å²) in [5, 5.41) is 3.62. The molecule has 0 radical (unpaired) electrons. The van der Waals surface area contributed by atoms with Gasteiger partial charge in [0.25, 0.3) is 0 Å². The van der Waals surface area contributed by atoms with Crippen LogP contribution in [0, 0.1) is 0 Å². The zero-order valence-electron chi connectivity index (χ0n) is 12.0. The van der Waals surface area contributed by atoms with Crippen LogP contribution in [-0.4, -0.2) is 23.1 Å². The lowest BCUT2D eigenvalue weighted by Gasteiger charge is -2.37. The molecule has 1 aromatic carbocycles. The van der Waals surface area contributed by atoms with Crippen molar-refractivity contribution in [1.82, 2.24) is 15.3 Å². The second-order valence-corrected chi connectivity index (χ2v) is 5.50. The van der Waals surface area contributed by atoms with Crippen molar-refractivity contribution in [3.05, 3.63) is 48.0 Å². The standard InChI is InChI=1S/C16H21N3O/c1-11(16-17-7-8-18-16)19-14-9-13(10-14)12-3-5-15(20-2)6-4-12/h3-8,11,13-14,19H,9-10H2,1-2H3,(H,17,18). The maximum Gasteiger partial charge on any atom is 0.122 e. The van der Waals surface area contributed by atoms with E-state index in [1.807, 2.05) is 18.3 Å². The Balaban J connectivity index is 1.50. The van der Waals surface area contributed by atoms with E-state index in [0.29, 0.717) is 12.0 Å². The number of aromatic amines is 1. The van der Waals surface area contributed by atoms with Gasteiger partial charge in [-0.1, -0.05) is 12.1 Å². The number of aromatic nitrogens is 2. The molecule has 1 atom stereocenters. The van der Waals surface area contributed by atoms with Crippen molar-refractivity contribution < 1.29 is 4.74 Å². The van der Waals surface area contributed by atoms with E-state index in [1.165, 1.54) is 18.4 Å². The van der Waals surface area contributed by atoms with E-state index in [-0.39, 0.29) is 6.04 Å². The lowest BCUT2D eigenvalue weighted by Crippen LogP contribution is -2.41. The Morgan fingerprint density at radius 2 is 2.05 bits per heavy atom. The Hall–Kier alpha value is -1.81. The Kier molecular flexibility index (Phi) is 3.74. The number of hydrogen-bond donors (Lipinski definition) is 2. The van der Waals surface area contributed by atoms with E-state index < -0.39 is 0 Å². The van der Waals surface area contributed by atoms with Crippen LogP contribution >= 0.6 is 0 Å². The third-order valence-corrected chi connectivity index (χ3v) is 4.14. The minimum absolute atomic E-state index is 0.284. The number of nitrogens with zero attached hydrogens (tertiary/aromatic N) is 1. The Morgan fingerprint density at radius 3 is 2.65 bits per heavy atom. The molecule has 1 unspecified atom stereocenters. The van der Waals surface area contributed by atoms with Crippen LogP contribution in [0.2, 0.25) is 0 Å². The number of H-pyrrole nitrogens is 1. The van der Waals surface area contributed by atoms with Crippen molar-refractivity contribution in [2.24, 2.45) is 0 Å². The maximum atomic E-state index is 5.19. The summed E-state index contributed by atoms with van der Waals surface area (Å²) in [6, 6.07) is 9.31. The van der Waals surface area contributed by atoms with Crippen LogP contribution in [0.1, 0.15) is 43.1 Å². The highest BCUT2D eigenvalue weighted by atomic mass is 16.5. The van der Waals surface area contributed by atoms with Crippen LogP contribution in [0.25, 0.3) is 0 Å². The minimum atomic E-state index is 0.284. The van der Waals surface area contributed by atoms with Crippen molar-refractivity contribution in [2.45, 2.75) is 37.8 Å². The molecular weight excluding hydrogens is 250 g/mol. The molecule has 0 bridgehead atoms. The van der Waals surface area contributed by atoms with Gasteiger partial charge in [0.2, 0.25) is 0 Å². The molecule has 3 rings (SSSR count). The van der Waals surface area contributed by atoms with Gasteiger partial charge in [-0.2, -0.15) is 0 Å². The van der Waals surface area contributed by atoms with Crippen molar-refractivity contribution in [3.63, 3.8) is 0 Å². The highest BCUT2D eigenvalue weighted by Gasteiger charge is 2.31. The average molecular weight is 271 g/mol. The highest BCUT2D eigenvalue weighted by Crippen LogP contribution is 2.38. The van der Waals surface area contributed by atoms with Crippen molar-refractivity contribution in [1.29, 1.82) is 0 Å². The van der Waals surface area contributed by atoms with Crippen LogP contribution < -0.4 is 10.1 Å². The minimum Gasteiger partial charge on any atom is -0.497 e. The molecule has 0 amide bonds. The van der Waals surface area contributed by atoms with Gasteiger partial charge >= 0.3 is 0 Å².